The van der Waals surface area contributed by atoms with Crippen LogP contribution in [0.3, 0.4) is 0 Å². The number of nitrogens with zero attached hydrogens (tertiary/aromatic N) is 2. The van der Waals surface area contributed by atoms with E-state index in [0.717, 1.165) is 25.7 Å². The summed E-state index contributed by atoms with van der Waals surface area (Å²) in [4.78, 5) is 41.5. The number of nitrogens with two attached hydrogens (primary N) is 1. The van der Waals surface area contributed by atoms with Gasteiger partial charge in [0, 0.05) is 18.2 Å². The number of hydrogen-bond donors (Lipinski definition) is 3. The van der Waals surface area contributed by atoms with E-state index in [-0.39, 0.29) is 25.0 Å². The van der Waals surface area contributed by atoms with Gasteiger partial charge in [-0.15, -0.1) is 0 Å². The Bertz CT molecular complexity index is 730. The summed E-state index contributed by atoms with van der Waals surface area (Å²) in [5.74, 6) is -0.0248. The number of fused-ring (bicyclic) bond motifs is 1. The summed E-state index contributed by atoms with van der Waals surface area (Å²) in [6, 6.07) is 1.25. The number of amides is 4. The molecule has 0 aromatic carbocycles. The number of ether oxygens (including phenoxy) is 1. The second kappa shape index (κ2) is 7.59. The van der Waals surface area contributed by atoms with E-state index in [0.29, 0.717) is 29.2 Å². The van der Waals surface area contributed by atoms with Crippen LogP contribution in [0.5, 0.6) is 5.88 Å². The van der Waals surface area contributed by atoms with Crippen molar-refractivity contribution < 1.29 is 19.1 Å². The van der Waals surface area contributed by atoms with Crippen LogP contribution in [0.1, 0.15) is 47.3 Å². The highest BCUT2D eigenvalue weighted by Gasteiger charge is 2.35. The number of carbonyl (C=O) groups excluding carboxylic acids is 3. The van der Waals surface area contributed by atoms with E-state index in [4.69, 9.17) is 10.5 Å². The molecule has 0 atom stereocenters. The zero-order chi connectivity index (χ0) is 18.7. The lowest BCUT2D eigenvalue weighted by atomic mass is 10.1. The monoisotopic (exact) mass is 361 g/mol. The van der Waals surface area contributed by atoms with E-state index < -0.39 is 11.9 Å². The van der Waals surface area contributed by atoms with Gasteiger partial charge < -0.3 is 26.0 Å². The molecule has 0 spiro atoms. The maximum Gasteiger partial charge on any atom is 0.312 e. The summed E-state index contributed by atoms with van der Waals surface area (Å²) in [5, 5.41) is 4.86. The lowest BCUT2D eigenvalue weighted by Gasteiger charge is -2.22. The van der Waals surface area contributed by atoms with Gasteiger partial charge in [0.05, 0.1) is 31.5 Å². The number of nitrogens with one attached hydrogen (secondary N) is 2. The van der Waals surface area contributed by atoms with Crippen molar-refractivity contribution in [3.63, 3.8) is 0 Å². The molecule has 1 aromatic heterocycles. The van der Waals surface area contributed by atoms with Gasteiger partial charge in [0.1, 0.15) is 0 Å². The molecule has 1 fully saturated rings. The van der Waals surface area contributed by atoms with Crippen LogP contribution in [0.2, 0.25) is 0 Å². The van der Waals surface area contributed by atoms with E-state index in [1.807, 2.05) is 4.90 Å². The first-order chi connectivity index (χ1) is 12.5. The smallest absolute Gasteiger partial charge is 0.312 e. The standard InChI is InChI=1S/C17H23N5O4/c1-26-15-10(7-19-14(23)8-20-17(18)25)6-12-13(21-15)9-22(16(12)24)11-4-2-3-5-11/h6,11H,2-5,7-9H2,1H3,(H,19,23)(H3,18,20,25). The van der Waals surface area contributed by atoms with Crippen molar-refractivity contribution in [2.45, 2.75) is 44.8 Å². The minimum Gasteiger partial charge on any atom is -0.481 e. The second-order valence-corrected chi connectivity index (χ2v) is 6.52. The van der Waals surface area contributed by atoms with Gasteiger partial charge in [-0.1, -0.05) is 12.8 Å². The molecule has 9 nitrogen and oxygen atoms in total. The normalized spacial score (nSPS) is 16.5. The van der Waals surface area contributed by atoms with Crippen LogP contribution in [0.4, 0.5) is 4.79 Å². The summed E-state index contributed by atoms with van der Waals surface area (Å²) >= 11 is 0. The summed E-state index contributed by atoms with van der Waals surface area (Å²) < 4.78 is 5.32. The molecule has 0 unspecified atom stereocenters. The average molecular weight is 361 g/mol. The summed E-state index contributed by atoms with van der Waals surface area (Å²) in [5.41, 5.74) is 6.82. The maximum atomic E-state index is 12.7. The second-order valence-electron chi connectivity index (χ2n) is 6.52. The van der Waals surface area contributed by atoms with Crippen molar-refractivity contribution in [2.24, 2.45) is 5.73 Å². The Hall–Kier alpha value is -2.84. The van der Waals surface area contributed by atoms with Crippen LogP contribution in [0.25, 0.3) is 0 Å². The molecule has 26 heavy (non-hydrogen) atoms. The molecule has 4 amide bonds. The topological polar surface area (TPSA) is 127 Å². The molecule has 1 aliphatic carbocycles. The fourth-order valence-electron chi connectivity index (χ4n) is 3.51. The molecule has 3 rings (SSSR count). The van der Waals surface area contributed by atoms with E-state index in [1.54, 1.807) is 6.07 Å². The first kappa shape index (κ1) is 18.0. The van der Waals surface area contributed by atoms with Gasteiger partial charge in [-0.2, -0.15) is 0 Å². The fourth-order valence-corrected chi connectivity index (χ4v) is 3.51. The molecule has 2 heterocycles. The van der Waals surface area contributed by atoms with Gasteiger partial charge in [-0.3, -0.25) is 9.59 Å². The number of primary amides is 1. The predicted molar refractivity (Wildman–Crippen MR) is 92.4 cm³/mol. The van der Waals surface area contributed by atoms with Crippen molar-refractivity contribution in [1.82, 2.24) is 20.5 Å². The van der Waals surface area contributed by atoms with Crippen LogP contribution in [0, 0.1) is 0 Å². The Morgan fingerprint density at radius 1 is 1.35 bits per heavy atom. The molecule has 0 bridgehead atoms. The third-order valence-electron chi connectivity index (χ3n) is 4.81. The fraction of sp³-hybridized carbons (Fsp3) is 0.529. The van der Waals surface area contributed by atoms with Crippen LogP contribution < -0.4 is 21.1 Å². The molecule has 1 saturated carbocycles. The highest BCUT2D eigenvalue weighted by Crippen LogP contribution is 2.33. The summed E-state index contributed by atoms with van der Waals surface area (Å²) in [6.07, 6.45) is 4.37. The zero-order valence-corrected chi connectivity index (χ0v) is 14.7. The van der Waals surface area contributed by atoms with E-state index in [1.165, 1.54) is 7.11 Å². The zero-order valence-electron chi connectivity index (χ0n) is 14.7. The lowest BCUT2D eigenvalue weighted by molar-refractivity contribution is -0.120. The highest BCUT2D eigenvalue weighted by atomic mass is 16.5. The molecule has 0 saturated heterocycles. The van der Waals surface area contributed by atoms with Crippen molar-refractivity contribution in [2.75, 3.05) is 13.7 Å². The predicted octanol–water partition coefficient (Wildman–Crippen LogP) is 0.273. The highest BCUT2D eigenvalue weighted by molar-refractivity contribution is 5.98. The molecule has 9 heteroatoms. The Kier molecular flexibility index (Phi) is 5.24. The van der Waals surface area contributed by atoms with E-state index >= 15 is 0 Å². The molecule has 1 aromatic rings. The van der Waals surface area contributed by atoms with Crippen molar-refractivity contribution in [3.8, 4) is 5.88 Å². The van der Waals surface area contributed by atoms with Crippen LogP contribution in [0.15, 0.2) is 6.07 Å². The molecule has 1 aliphatic heterocycles. The third kappa shape index (κ3) is 3.71. The van der Waals surface area contributed by atoms with Crippen LogP contribution in [-0.2, 0) is 17.9 Å². The first-order valence-corrected chi connectivity index (χ1v) is 8.67. The molecular formula is C17H23N5O4. The van der Waals surface area contributed by atoms with Crippen LogP contribution in [-0.4, -0.2) is 47.4 Å². The third-order valence-corrected chi connectivity index (χ3v) is 4.81. The van der Waals surface area contributed by atoms with Gasteiger partial charge in [0.15, 0.2) is 0 Å². The molecule has 4 N–H and O–H groups in total. The Morgan fingerprint density at radius 3 is 2.73 bits per heavy atom. The number of carbonyl (C=O) groups is 3. The average Bonchev–Trinajstić information content (AvgIpc) is 3.25. The molecule has 2 aliphatic rings. The maximum absolute atomic E-state index is 12.7. The van der Waals surface area contributed by atoms with Gasteiger partial charge in [-0.05, 0) is 18.9 Å². The number of pyridine rings is 1. The van der Waals surface area contributed by atoms with Gasteiger partial charge in [-0.25, -0.2) is 9.78 Å². The largest absolute Gasteiger partial charge is 0.481 e. The number of hydrogen-bond acceptors (Lipinski definition) is 5. The quantitative estimate of drug-likeness (QED) is 0.670. The van der Waals surface area contributed by atoms with Crippen molar-refractivity contribution in [1.29, 1.82) is 0 Å². The van der Waals surface area contributed by atoms with Gasteiger partial charge in [0.25, 0.3) is 5.91 Å². The van der Waals surface area contributed by atoms with Gasteiger partial charge in [0.2, 0.25) is 11.8 Å². The summed E-state index contributed by atoms with van der Waals surface area (Å²) in [6.45, 7) is 0.425. The number of urea groups is 1. The van der Waals surface area contributed by atoms with E-state index in [2.05, 4.69) is 15.6 Å². The number of rotatable bonds is 6. The minimum atomic E-state index is -0.769. The van der Waals surface area contributed by atoms with Crippen molar-refractivity contribution >= 4 is 17.8 Å². The molecule has 0 radical (unpaired) electrons. The van der Waals surface area contributed by atoms with Gasteiger partial charge >= 0.3 is 6.03 Å². The summed E-state index contributed by atoms with van der Waals surface area (Å²) in [7, 11) is 1.50. The molecular weight excluding hydrogens is 338 g/mol. The van der Waals surface area contributed by atoms with Crippen molar-refractivity contribution in [3.05, 3.63) is 22.9 Å². The Morgan fingerprint density at radius 2 is 2.08 bits per heavy atom. The van der Waals surface area contributed by atoms with E-state index in [9.17, 15) is 14.4 Å². The molecule has 140 valence electrons. The minimum absolute atomic E-state index is 0.00924. The Labute approximate surface area is 151 Å². The number of methoxy groups -OCH3 is 1. The number of aromatic nitrogens is 1. The SMILES string of the molecule is COc1nc2c(cc1CNC(=O)CNC(N)=O)C(=O)N(C1CCCC1)C2. The lowest BCUT2D eigenvalue weighted by Crippen LogP contribution is -2.39. The van der Waals surface area contributed by atoms with Crippen LogP contribution >= 0.6 is 0 Å². The Balaban J connectivity index is 1.71. The first-order valence-electron chi connectivity index (χ1n) is 8.67.